The molecule has 6 rings (SSSR count). The van der Waals surface area contributed by atoms with Crippen molar-refractivity contribution < 1.29 is 0 Å². The fraction of sp³-hybridized carbons (Fsp3) is 0.500. The molecule has 3 aromatic heterocycles. The molecule has 3 aromatic rings. The number of aromatic nitrogens is 4. The number of likely N-dealkylation sites (N-methyl/N-ethyl adjacent to an activating group) is 2. The zero-order valence-electron chi connectivity index (χ0n) is 26.0. The Morgan fingerprint density at radius 1 is 1.05 bits per heavy atom. The standard InChI is InChI=1S/C36H47N7/c1-38-20-21-43(2)35-33-30(26-12-7-6-8-13-26)24-40-25-31(33)41-34(42-35)29-16-19-39-23-27(29)22-32(37)36(17-11-18-36)28-14-9-4-3-5-10-15-28/h4,9,14,16,19,22-26,38H,3,5-8,10-13,15,17-18,20-21,37H2,1-2H3/b9-4-,28-14+,32-22-. The van der Waals surface area contributed by atoms with Gasteiger partial charge in [0, 0.05) is 66.4 Å². The molecule has 0 saturated heterocycles. The zero-order chi connectivity index (χ0) is 29.6. The number of nitrogens with zero attached hydrogens (tertiary/aromatic N) is 5. The molecule has 43 heavy (non-hydrogen) atoms. The lowest BCUT2D eigenvalue weighted by Crippen LogP contribution is -2.37. The summed E-state index contributed by atoms with van der Waals surface area (Å²) >= 11 is 0. The van der Waals surface area contributed by atoms with Crippen LogP contribution >= 0.6 is 0 Å². The van der Waals surface area contributed by atoms with Crippen molar-refractivity contribution in [2.24, 2.45) is 11.1 Å². The van der Waals surface area contributed by atoms with E-state index in [1.807, 2.05) is 31.7 Å². The molecule has 226 valence electrons. The Hall–Kier alpha value is -3.58. The van der Waals surface area contributed by atoms with Gasteiger partial charge < -0.3 is 16.0 Å². The highest BCUT2D eigenvalue weighted by Gasteiger charge is 2.42. The first-order chi connectivity index (χ1) is 21.1. The summed E-state index contributed by atoms with van der Waals surface area (Å²) in [5.74, 6) is 2.17. The van der Waals surface area contributed by atoms with Gasteiger partial charge in [-0.05, 0) is 82.0 Å². The second-order valence-electron chi connectivity index (χ2n) is 12.7. The average molecular weight is 578 g/mol. The van der Waals surface area contributed by atoms with E-state index in [2.05, 4.69) is 52.7 Å². The number of fused-ring (bicyclic) bond motifs is 1. The lowest BCUT2D eigenvalue weighted by atomic mass is 9.60. The fourth-order valence-corrected chi connectivity index (χ4v) is 7.29. The molecule has 0 atom stereocenters. The minimum absolute atomic E-state index is 0.0591. The Morgan fingerprint density at radius 3 is 2.70 bits per heavy atom. The number of pyridine rings is 2. The number of allylic oxidation sites excluding steroid dienone is 4. The fourth-order valence-electron chi connectivity index (χ4n) is 7.29. The SMILES string of the molecule is CNCCN(C)c1nc(-c2ccncc2/C=C(\N)C2(/C3=C/C=C\CCCC3)CCC2)nc2cncc(C3CCCCC3)c12. The summed E-state index contributed by atoms with van der Waals surface area (Å²) in [6.07, 6.45) is 31.2. The van der Waals surface area contributed by atoms with E-state index in [0.29, 0.717) is 11.7 Å². The number of anilines is 1. The molecular formula is C36H47N7. The van der Waals surface area contributed by atoms with Crippen LogP contribution in [-0.4, -0.2) is 47.1 Å². The van der Waals surface area contributed by atoms with Gasteiger partial charge in [-0.1, -0.05) is 49.5 Å². The Kier molecular flexibility index (Phi) is 9.17. The smallest absolute Gasteiger partial charge is 0.162 e. The van der Waals surface area contributed by atoms with Crippen LogP contribution in [0.2, 0.25) is 0 Å². The maximum absolute atomic E-state index is 7.04. The van der Waals surface area contributed by atoms with Crippen molar-refractivity contribution >= 4 is 22.8 Å². The van der Waals surface area contributed by atoms with E-state index in [1.54, 1.807) is 0 Å². The molecule has 0 aliphatic heterocycles. The van der Waals surface area contributed by atoms with Crippen LogP contribution in [-0.2, 0) is 0 Å². The summed E-state index contributed by atoms with van der Waals surface area (Å²) in [4.78, 5) is 21.9. The molecule has 0 spiro atoms. The van der Waals surface area contributed by atoms with E-state index in [4.69, 9.17) is 20.7 Å². The molecular weight excluding hydrogens is 530 g/mol. The first-order valence-corrected chi connectivity index (χ1v) is 16.4. The maximum atomic E-state index is 7.04. The minimum Gasteiger partial charge on any atom is -0.401 e. The van der Waals surface area contributed by atoms with Gasteiger partial charge in [0.05, 0.1) is 11.7 Å². The summed E-state index contributed by atoms with van der Waals surface area (Å²) in [6.45, 7) is 1.71. The molecule has 3 aliphatic rings. The average Bonchev–Trinajstić information content (AvgIpc) is 3.00. The molecule has 3 aliphatic carbocycles. The molecule has 7 heteroatoms. The summed E-state index contributed by atoms with van der Waals surface area (Å²) in [7, 11) is 4.13. The Balaban J connectivity index is 1.44. The summed E-state index contributed by atoms with van der Waals surface area (Å²) in [6, 6.07) is 2.03. The lowest BCUT2D eigenvalue weighted by molar-refractivity contribution is 0.229. The van der Waals surface area contributed by atoms with E-state index in [0.717, 1.165) is 72.3 Å². The van der Waals surface area contributed by atoms with Gasteiger partial charge >= 0.3 is 0 Å². The molecule has 0 amide bonds. The summed E-state index contributed by atoms with van der Waals surface area (Å²) in [5, 5.41) is 4.44. The topological polar surface area (TPSA) is 92.8 Å². The quantitative estimate of drug-likeness (QED) is 0.275. The van der Waals surface area contributed by atoms with Crippen LogP contribution in [0.5, 0.6) is 0 Å². The number of hydrogen-bond acceptors (Lipinski definition) is 7. The van der Waals surface area contributed by atoms with E-state index < -0.39 is 0 Å². The molecule has 2 fully saturated rings. The highest BCUT2D eigenvalue weighted by molar-refractivity contribution is 5.94. The van der Waals surface area contributed by atoms with Crippen LogP contribution in [0.1, 0.15) is 94.1 Å². The molecule has 0 aromatic carbocycles. The zero-order valence-corrected chi connectivity index (χ0v) is 26.0. The van der Waals surface area contributed by atoms with Crippen molar-refractivity contribution in [2.45, 2.75) is 83.0 Å². The van der Waals surface area contributed by atoms with E-state index in [9.17, 15) is 0 Å². The molecule has 0 bridgehead atoms. The Bertz CT molecular complexity index is 1510. The number of hydrogen-bond donors (Lipinski definition) is 2. The second kappa shape index (κ2) is 13.4. The van der Waals surface area contributed by atoms with Crippen molar-refractivity contribution in [2.75, 3.05) is 32.1 Å². The van der Waals surface area contributed by atoms with Crippen LogP contribution in [0.3, 0.4) is 0 Å². The summed E-state index contributed by atoms with van der Waals surface area (Å²) < 4.78 is 0. The van der Waals surface area contributed by atoms with Gasteiger partial charge in [-0.25, -0.2) is 9.97 Å². The van der Waals surface area contributed by atoms with Crippen molar-refractivity contribution in [3.05, 3.63) is 71.5 Å². The molecule has 3 N–H and O–H groups in total. The van der Waals surface area contributed by atoms with Crippen molar-refractivity contribution in [1.29, 1.82) is 0 Å². The molecule has 3 heterocycles. The molecule has 0 unspecified atom stereocenters. The van der Waals surface area contributed by atoms with Gasteiger partial charge in [0.2, 0.25) is 0 Å². The largest absolute Gasteiger partial charge is 0.401 e. The predicted octanol–water partition coefficient (Wildman–Crippen LogP) is 7.32. The highest BCUT2D eigenvalue weighted by Crippen LogP contribution is 2.53. The first kappa shape index (κ1) is 29.5. The van der Waals surface area contributed by atoms with Crippen molar-refractivity contribution in [3.8, 4) is 11.4 Å². The normalized spacial score (nSPS) is 21.3. The first-order valence-electron chi connectivity index (χ1n) is 16.4. The Morgan fingerprint density at radius 2 is 1.91 bits per heavy atom. The third kappa shape index (κ3) is 6.10. The van der Waals surface area contributed by atoms with Crippen LogP contribution in [0, 0.1) is 5.41 Å². The van der Waals surface area contributed by atoms with Crippen LogP contribution in [0.4, 0.5) is 5.82 Å². The maximum Gasteiger partial charge on any atom is 0.162 e. The second-order valence-corrected chi connectivity index (χ2v) is 12.7. The third-order valence-electron chi connectivity index (χ3n) is 10.00. The predicted molar refractivity (Wildman–Crippen MR) is 178 cm³/mol. The summed E-state index contributed by atoms with van der Waals surface area (Å²) in [5.41, 5.74) is 13.5. The van der Waals surface area contributed by atoms with E-state index >= 15 is 0 Å². The van der Waals surface area contributed by atoms with Crippen LogP contribution in [0.25, 0.3) is 28.4 Å². The van der Waals surface area contributed by atoms with Gasteiger partial charge in [-0.3, -0.25) is 9.97 Å². The van der Waals surface area contributed by atoms with Gasteiger partial charge in [-0.15, -0.1) is 0 Å². The van der Waals surface area contributed by atoms with Gasteiger partial charge in [-0.2, -0.15) is 0 Å². The third-order valence-corrected chi connectivity index (χ3v) is 10.00. The molecule has 2 saturated carbocycles. The van der Waals surface area contributed by atoms with Gasteiger partial charge in [0.25, 0.3) is 0 Å². The molecule has 7 nitrogen and oxygen atoms in total. The van der Waals surface area contributed by atoms with E-state index in [1.165, 1.54) is 62.5 Å². The number of nitrogens with two attached hydrogens (primary N) is 1. The van der Waals surface area contributed by atoms with E-state index in [-0.39, 0.29) is 5.41 Å². The van der Waals surface area contributed by atoms with Crippen molar-refractivity contribution in [3.63, 3.8) is 0 Å². The Labute approximate surface area is 256 Å². The lowest BCUT2D eigenvalue weighted by Gasteiger charge is -2.45. The number of rotatable bonds is 9. The van der Waals surface area contributed by atoms with Gasteiger partial charge in [0.15, 0.2) is 5.82 Å². The number of nitrogens with one attached hydrogen (secondary N) is 1. The van der Waals surface area contributed by atoms with Crippen molar-refractivity contribution in [1.82, 2.24) is 25.3 Å². The molecule has 0 radical (unpaired) electrons. The monoisotopic (exact) mass is 577 g/mol. The van der Waals surface area contributed by atoms with Gasteiger partial charge in [0.1, 0.15) is 5.82 Å². The minimum atomic E-state index is -0.0591. The highest BCUT2D eigenvalue weighted by atomic mass is 15.2. The van der Waals surface area contributed by atoms with Crippen LogP contribution < -0.4 is 16.0 Å². The van der Waals surface area contributed by atoms with Crippen LogP contribution in [0.15, 0.2) is 60.4 Å².